The minimum absolute atomic E-state index is 0.0579. The Morgan fingerprint density at radius 2 is 0.984 bits per heavy atom. The topological polar surface area (TPSA) is 214 Å². The minimum Gasteiger partial charge on any atom is -0.457 e. The second-order valence-corrected chi connectivity index (χ2v) is 17.3. The third-order valence-corrected chi connectivity index (χ3v) is 11.7. The Labute approximate surface area is 373 Å². The van der Waals surface area contributed by atoms with Crippen molar-refractivity contribution in [2.75, 3.05) is 33.0 Å². The highest BCUT2D eigenvalue weighted by atomic mass is 16.7. The van der Waals surface area contributed by atoms with E-state index < -0.39 is 80.7 Å². The van der Waals surface area contributed by atoms with Crippen LogP contribution in [-0.4, -0.2) is 142 Å². The van der Waals surface area contributed by atoms with E-state index >= 15 is 0 Å². The van der Waals surface area contributed by atoms with Crippen molar-refractivity contribution in [2.24, 2.45) is 0 Å². The first-order chi connectivity index (χ1) is 30.1. The normalized spacial score (nSPS) is 27.4. The summed E-state index contributed by atoms with van der Waals surface area (Å²) < 4.78 is 34.2. The first kappa shape index (κ1) is 56.6. The number of carbonyl (C=O) groups excluding carboxylic acids is 1. The number of unbranched alkanes of at least 4 members (excludes halogenated alkanes) is 20. The Balaban J connectivity index is 1.76. The highest BCUT2D eigenvalue weighted by Crippen LogP contribution is 2.26. The molecule has 2 aliphatic heterocycles. The largest absolute Gasteiger partial charge is 0.457 e. The van der Waals surface area contributed by atoms with Gasteiger partial charge in [-0.25, -0.2) is 0 Å². The number of hydrogen-bond donors (Lipinski definition) is 7. The molecule has 364 valence electrons. The highest BCUT2D eigenvalue weighted by Gasteiger charge is 2.47. The average Bonchev–Trinajstić information content (AvgIpc) is 3.27. The predicted octanol–water partition coefficient (Wildman–Crippen LogP) is 6.46. The van der Waals surface area contributed by atoms with E-state index in [4.69, 9.17) is 28.4 Å². The van der Waals surface area contributed by atoms with E-state index in [0.717, 1.165) is 64.2 Å². The molecule has 14 nitrogen and oxygen atoms in total. The molecule has 2 heterocycles. The molecule has 0 aliphatic carbocycles. The molecule has 2 rings (SSSR count). The lowest BCUT2D eigenvalue weighted by Crippen LogP contribution is -2.61. The second-order valence-electron chi connectivity index (χ2n) is 17.3. The number of rotatable bonds is 38. The number of hydrogen-bond acceptors (Lipinski definition) is 14. The zero-order valence-corrected chi connectivity index (χ0v) is 38.4. The molecule has 7 N–H and O–H groups in total. The first-order valence-corrected chi connectivity index (χ1v) is 24.4. The third-order valence-electron chi connectivity index (χ3n) is 11.7. The zero-order valence-electron chi connectivity index (χ0n) is 38.4. The minimum atomic E-state index is -1.71. The van der Waals surface area contributed by atoms with Gasteiger partial charge in [-0.2, -0.15) is 0 Å². The van der Waals surface area contributed by atoms with Crippen molar-refractivity contribution < 1.29 is 69.0 Å². The standard InChI is InChI=1S/C48H88O14/c1-3-5-7-9-11-13-15-16-17-18-19-20-21-22-24-26-28-30-32-57-34-37(60-40(50)31-29-27-25-23-14-12-10-8-6-4-2)35-58-47-46(56)44(54)42(52)39(62-47)36-59-48-45(55)43(53)41(51)38(33-49)61-48/h8,10,16-17,37-39,41-49,51-56H,3-7,9,11-15,18-36H2,1-2H3/b10-8-,17-16-. The molecule has 0 aromatic rings. The summed E-state index contributed by atoms with van der Waals surface area (Å²) >= 11 is 0. The summed E-state index contributed by atoms with van der Waals surface area (Å²) in [4.78, 5) is 12.9. The average molecular weight is 889 g/mol. The van der Waals surface area contributed by atoms with Gasteiger partial charge in [-0.1, -0.05) is 134 Å². The van der Waals surface area contributed by atoms with Crippen LogP contribution in [0.2, 0.25) is 0 Å². The number of ether oxygens (including phenoxy) is 6. The molecule has 14 heteroatoms. The molecule has 2 aliphatic rings. The van der Waals surface area contributed by atoms with E-state index in [1.807, 2.05) is 0 Å². The molecule has 0 bridgehead atoms. The molecule has 11 atom stereocenters. The maximum atomic E-state index is 12.9. The van der Waals surface area contributed by atoms with E-state index in [1.165, 1.54) is 83.5 Å². The van der Waals surface area contributed by atoms with Crippen LogP contribution in [0.15, 0.2) is 24.3 Å². The molecule has 0 saturated carbocycles. The van der Waals surface area contributed by atoms with E-state index in [9.17, 15) is 40.5 Å². The van der Waals surface area contributed by atoms with Gasteiger partial charge in [-0.05, 0) is 57.8 Å². The van der Waals surface area contributed by atoms with Crippen molar-refractivity contribution >= 4 is 5.97 Å². The van der Waals surface area contributed by atoms with Gasteiger partial charge in [0.15, 0.2) is 12.6 Å². The molecule has 0 aromatic heterocycles. The summed E-state index contributed by atoms with van der Waals surface area (Å²) in [6.45, 7) is 3.60. The molecule has 0 radical (unpaired) electrons. The number of esters is 1. The van der Waals surface area contributed by atoms with Gasteiger partial charge in [0.1, 0.15) is 54.9 Å². The number of aliphatic hydroxyl groups is 7. The smallest absolute Gasteiger partial charge is 0.306 e. The summed E-state index contributed by atoms with van der Waals surface area (Å²) in [5.41, 5.74) is 0. The molecule has 0 amide bonds. The molecular weight excluding hydrogens is 801 g/mol. The molecule has 62 heavy (non-hydrogen) atoms. The molecule has 2 saturated heterocycles. The Morgan fingerprint density at radius 3 is 1.53 bits per heavy atom. The van der Waals surface area contributed by atoms with Crippen LogP contribution in [0.3, 0.4) is 0 Å². The van der Waals surface area contributed by atoms with Crippen LogP contribution in [-0.2, 0) is 33.2 Å². The maximum Gasteiger partial charge on any atom is 0.306 e. The lowest BCUT2D eigenvalue weighted by Gasteiger charge is -2.42. The number of carbonyl (C=O) groups is 1. The van der Waals surface area contributed by atoms with Crippen LogP contribution in [0.1, 0.15) is 174 Å². The SMILES string of the molecule is CCC/C=C\CCCCCCCC(=O)OC(COCCCCCCCCCC/C=C\CCCCCCCC)COC1OC(COC2OC(CO)C(O)C(O)C2O)C(O)C(O)C1O. The quantitative estimate of drug-likeness (QED) is 0.0202. The summed E-state index contributed by atoms with van der Waals surface area (Å²) in [5, 5.41) is 71.9. The lowest BCUT2D eigenvalue weighted by molar-refractivity contribution is -0.332. The Morgan fingerprint density at radius 1 is 0.516 bits per heavy atom. The Kier molecular flexibility index (Phi) is 33.5. The molecule has 0 spiro atoms. The van der Waals surface area contributed by atoms with Gasteiger partial charge in [0.05, 0.1) is 26.4 Å². The monoisotopic (exact) mass is 889 g/mol. The van der Waals surface area contributed by atoms with Gasteiger partial charge >= 0.3 is 5.97 Å². The fraction of sp³-hybridized carbons (Fsp3) is 0.896. The van der Waals surface area contributed by atoms with Gasteiger partial charge in [-0.3, -0.25) is 4.79 Å². The lowest BCUT2D eigenvalue weighted by atomic mass is 9.98. The van der Waals surface area contributed by atoms with Gasteiger partial charge in [0, 0.05) is 13.0 Å². The second kappa shape index (κ2) is 36.7. The summed E-state index contributed by atoms with van der Waals surface area (Å²) in [5.74, 6) is -0.389. The Hall–Kier alpha value is -1.53. The molecule has 2 fully saturated rings. The third kappa shape index (κ3) is 24.7. The van der Waals surface area contributed by atoms with Crippen molar-refractivity contribution in [3.05, 3.63) is 24.3 Å². The molecular formula is C48H88O14. The van der Waals surface area contributed by atoms with E-state index in [1.54, 1.807) is 0 Å². The van der Waals surface area contributed by atoms with E-state index in [2.05, 4.69) is 38.2 Å². The zero-order chi connectivity index (χ0) is 45.2. The molecule has 0 aromatic carbocycles. The van der Waals surface area contributed by atoms with Crippen LogP contribution >= 0.6 is 0 Å². The van der Waals surface area contributed by atoms with Crippen molar-refractivity contribution in [3.63, 3.8) is 0 Å². The predicted molar refractivity (Wildman–Crippen MR) is 238 cm³/mol. The van der Waals surface area contributed by atoms with Crippen molar-refractivity contribution in [2.45, 2.75) is 242 Å². The highest BCUT2D eigenvalue weighted by molar-refractivity contribution is 5.69. The van der Waals surface area contributed by atoms with Gasteiger partial charge in [0.2, 0.25) is 0 Å². The maximum absolute atomic E-state index is 12.9. The van der Waals surface area contributed by atoms with Gasteiger partial charge < -0.3 is 64.2 Å². The van der Waals surface area contributed by atoms with Crippen molar-refractivity contribution in [3.8, 4) is 0 Å². The van der Waals surface area contributed by atoms with Gasteiger partial charge in [-0.15, -0.1) is 0 Å². The summed E-state index contributed by atoms with van der Waals surface area (Å²) in [6, 6.07) is 0. The summed E-state index contributed by atoms with van der Waals surface area (Å²) in [7, 11) is 0. The fourth-order valence-electron chi connectivity index (χ4n) is 7.63. The van der Waals surface area contributed by atoms with Crippen LogP contribution in [0, 0.1) is 0 Å². The number of aliphatic hydroxyl groups excluding tert-OH is 7. The van der Waals surface area contributed by atoms with Crippen LogP contribution in [0.25, 0.3) is 0 Å². The summed E-state index contributed by atoms with van der Waals surface area (Å²) in [6.07, 6.45) is 21.1. The van der Waals surface area contributed by atoms with Crippen LogP contribution in [0.4, 0.5) is 0 Å². The van der Waals surface area contributed by atoms with Crippen molar-refractivity contribution in [1.29, 1.82) is 0 Å². The Bertz CT molecular complexity index is 1120. The van der Waals surface area contributed by atoms with E-state index in [-0.39, 0.29) is 25.6 Å². The van der Waals surface area contributed by atoms with Crippen molar-refractivity contribution in [1.82, 2.24) is 0 Å². The molecule has 11 unspecified atom stereocenters. The first-order valence-electron chi connectivity index (χ1n) is 24.4. The number of allylic oxidation sites excluding steroid dienone is 4. The van der Waals surface area contributed by atoms with Crippen LogP contribution < -0.4 is 0 Å². The van der Waals surface area contributed by atoms with Crippen LogP contribution in [0.5, 0.6) is 0 Å². The fourth-order valence-corrected chi connectivity index (χ4v) is 7.63. The van der Waals surface area contributed by atoms with E-state index in [0.29, 0.717) is 13.0 Å². The van der Waals surface area contributed by atoms with Gasteiger partial charge in [0.25, 0.3) is 0 Å².